The van der Waals surface area contributed by atoms with Crippen LogP contribution in [0.3, 0.4) is 0 Å². The summed E-state index contributed by atoms with van der Waals surface area (Å²) < 4.78 is 7.35. The van der Waals surface area contributed by atoms with Crippen molar-refractivity contribution in [3.63, 3.8) is 0 Å². The molecule has 5 nitrogen and oxygen atoms in total. The highest BCUT2D eigenvalue weighted by Crippen LogP contribution is 2.48. The van der Waals surface area contributed by atoms with Gasteiger partial charge in [-0.25, -0.2) is 0 Å². The van der Waals surface area contributed by atoms with E-state index in [4.69, 9.17) is 9.97 Å². The summed E-state index contributed by atoms with van der Waals surface area (Å²) >= 11 is 0. The molecule has 0 aliphatic carbocycles. The molecule has 0 fully saturated rings. The van der Waals surface area contributed by atoms with Crippen molar-refractivity contribution in [3.8, 4) is 0 Å². The van der Waals surface area contributed by atoms with Gasteiger partial charge in [-0.2, -0.15) is 0 Å². The van der Waals surface area contributed by atoms with E-state index in [1.807, 2.05) is 0 Å². The number of nitrogens with zero attached hydrogens (tertiary/aromatic N) is 5. The van der Waals surface area contributed by atoms with Gasteiger partial charge in [0.25, 0.3) is 0 Å². The minimum absolute atomic E-state index is 1.06. The quantitative estimate of drug-likeness (QED) is 0.182. The Morgan fingerprint density at radius 2 is 0.711 bits per heavy atom. The normalized spacial score (nSPS) is 13.3. The van der Waals surface area contributed by atoms with E-state index in [9.17, 15) is 0 Å². The summed E-state index contributed by atoms with van der Waals surface area (Å²) in [6.07, 6.45) is 4.18. The van der Waals surface area contributed by atoms with Gasteiger partial charge >= 0.3 is 0 Å². The zero-order chi connectivity index (χ0) is 28.7. The Morgan fingerprint density at radius 1 is 0.311 bits per heavy atom. The van der Waals surface area contributed by atoms with E-state index in [0.717, 1.165) is 22.1 Å². The van der Waals surface area contributed by atoms with E-state index in [1.54, 1.807) is 0 Å². The molecular formula is C40H19N5. The summed E-state index contributed by atoms with van der Waals surface area (Å²) in [6, 6.07) is 37.6. The first kappa shape index (κ1) is 21.5. The molecule has 5 heteroatoms. The maximum Gasteiger partial charge on any atom is 0.0971 e. The first-order chi connectivity index (χ1) is 22.4. The second-order valence-electron chi connectivity index (χ2n) is 12.6. The molecule has 0 amide bonds. The highest BCUT2D eigenvalue weighted by Gasteiger charge is 2.27. The van der Waals surface area contributed by atoms with Crippen LogP contribution in [0.2, 0.25) is 0 Å². The van der Waals surface area contributed by atoms with Crippen LogP contribution in [-0.4, -0.2) is 23.2 Å². The van der Waals surface area contributed by atoms with Crippen LogP contribution < -0.4 is 0 Å². The van der Waals surface area contributed by atoms with Crippen molar-refractivity contribution in [2.75, 3.05) is 0 Å². The van der Waals surface area contributed by atoms with Crippen LogP contribution in [0.25, 0.3) is 115 Å². The molecule has 8 heterocycles. The van der Waals surface area contributed by atoms with Gasteiger partial charge in [0.05, 0.1) is 73.1 Å². The molecule has 0 atom stereocenters. The van der Waals surface area contributed by atoms with Crippen molar-refractivity contribution in [2.24, 2.45) is 0 Å². The first-order valence-corrected chi connectivity index (χ1v) is 15.4. The molecule has 0 saturated heterocycles. The van der Waals surface area contributed by atoms with E-state index < -0.39 is 0 Å². The molecule has 0 aliphatic heterocycles. The van der Waals surface area contributed by atoms with Crippen LogP contribution in [0.4, 0.5) is 0 Å². The number of fused-ring (bicyclic) bond motifs is 20. The Labute approximate surface area is 252 Å². The van der Waals surface area contributed by atoms with Crippen LogP contribution >= 0.6 is 0 Å². The highest BCUT2D eigenvalue weighted by atomic mass is 15.0. The summed E-state index contributed by atoms with van der Waals surface area (Å²) in [7, 11) is 0. The average molecular weight is 570 g/mol. The van der Waals surface area contributed by atoms with Crippen LogP contribution in [-0.2, 0) is 0 Å². The lowest BCUT2D eigenvalue weighted by Gasteiger charge is -2.03. The average Bonchev–Trinajstić information content (AvgIpc) is 3.91. The first-order valence-electron chi connectivity index (χ1n) is 15.4. The van der Waals surface area contributed by atoms with Crippen LogP contribution in [0, 0.1) is 0 Å². The molecule has 5 aromatic carbocycles. The minimum atomic E-state index is 1.06. The van der Waals surface area contributed by atoms with Gasteiger partial charge in [-0.1, -0.05) is 91.0 Å². The molecule has 0 saturated carbocycles. The molecule has 0 bridgehead atoms. The monoisotopic (exact) mass is 569 g/mol. The Bertz CT molecular complexity index is 3210. The second kappa shape index (κ2) is 6.79. The van der Waals surface area contributed by atoms with Gasteiger partial charge in [-0.3, -0.25) is 9.97 Å². The second-order valence-corrected chi connectivity index (χ2v) is 12.6. The van der Waals surface area contributed by atoms with E-state index >= 15 is 0 Å². The van der Waals surface area contributed by atoms with Gasteiger partial charge in [0.1, 0.15) is 0 Å². The molecule has 13 aromatic rings. The number of para-hydroxylation sites is 5. The van der Waals surface area contributed by atoms with E-state index in [2.05, 4.69) is 129 Å². The molecule has 8 aromatic heterocycles. The van der Waals surface area contributed by atoms with Crippen molar-refractivity contribution < 1.29 is 0 Å². The predicted octanol–water partition coefficient (Wildman–Crippen LogP) is 9.93. The molecule has 0 radical (unpaired) electrons. The zero-order valence-corrected chi connectivity index (χ0v) is 23.7. The number of pyridine rings is 2. The molecular weight excluding hydrogens is 550 g/mol. The van der Waals surface area contributed by atoms with Crippen molar-refractivity contribution in [2.45, 2.75) is 0 Å². The predicted molar refractivity (Wildman–Crippen MR) is 186 cm³/mol. The zero-order valence-electron chi connectivity index (χ0n) is 23.7. The van der Waals surface area contributed by atoms with Crippen LogP contribution in [0.15, 0.2) is 116 Å². The number of hydrogen-bond donors (Lipinski definition) is 0. The van der Waals surface area contributed by atoms with E-state index in [1.165, 1.54) is 92.5 Å². The molecule has 204 valence electrons. The van der Waals surface area contributed by atoms with E-state index in [-0.39, 0.29) is 0 Å². The molecule has 13 rings (SSSR count). The molecule has 0 N–H and O–H groups in total. The number of aromatic nitrogens is 5. The fourth-order valence-electron chi connectivity index (χ4n) is 9.12. The highest BCUT2D eigenvalue weighted by molar-refractivity contribution is 6.36. The maximum atomic E-state index is 5.21. The summed E-state index contributed by atoms with van der Waals surface area (Å²) in [6.45, 7) is 0. The largest absolute Gasteiger partial charge is 0.306 e. The molecule has 0 unspecified atom stereocenters. The van der Waals surface area contributed by atoms with Crippen molar-refractivity contribution in [1.29, 1.82) is 0 Å². The van der Waals surface area contributed by atoms with Gasteiger partial charge in [-0.05, 0) is 12.1 Å². The summed E-state index contributed by atoms with van der Waals surface area (Å²) in [4.78, 5) is 10.4. The fourth-order valence-corrected chi connectivity index (χ4v) is 9.12. The maximum absolute atomic E-state index is 5.21. The molecule has 45 heavy (non-hydrogen) atoms. The van der Waals surface area contributed by atoms with Gasteiger partial charge in [-0.15, -0.1) is 0 Å². The Balaban J connectivity index is 1.32. The molecule has 0 aliphatic rings. The fraction of sp³-hybridized carbons (Fsp3) is 0. The Hall–Kier alpha value is -6.20. The lowest BCUT2D eigenvalue weighted by Crippen LogP contribution is -1.88. The Kier molecular flexibility index (Phi) is 3.24. The number of rotatable bonds is 0. The topological polar surface area (TPSA) is 39.0 Å². The minimum Gasteiger partial charge on any atom is -0.306 e. The standard InChI is InChI=1S/C40H19N5/c1-3-16-28-20(8-1)22-10-5-14-26-34-39(44(28)36(22)26)32-24-12-7-13-25-33-31(43(38(24)25)30(32)18-41-34)19-42-35-27-15-6-11-23-21-9-2-4-17-29(21)45(37(23)27)40(33)35/h1-19H. The van der Waals surface area contributed by atoms with Crippen molar-refractivity contribution in [1.82, 2.24) is 23.2 Å². The van der Waals surface area contributed by atoms with Crippen molar-refractivity contribution >= 4 is 115 Å². The van der Waals surface area contributed by atoms with E-state index in [0.29, 0.717) is 0 Å². The number of benzene rings is 5. The lowest BCUT2D eigenvalue weighted by molar-refractivity contribution is 1.30. The third-order valence-corrected chi connectivity index (χ3v) is 10.7. The smallest absolute Gasteiger partial charge is 0.0971 e. The van der Waals surface area contributed by atoms with Gasteiger partial charge < -0.3 is 13.2 Å². The van der Waals surface area contributed by atoms with Crippen molar-refractivity contribution in [3.05, 3.63) is 116 Å². The van der Waals surface area contributed by atoms with Gasteiger partial charge in [0.2, 0.25) is 0 Å². The third-order valence-electron chi connectivity index (χ3n) is 10.7. The van der Waals surface area contributed by atoms with Gasteiger partial charge in [0, 0.05) is 53.9 Å². The summed E-state index contributed by atoms with van der Waals surface area (Å²) in [5, 5.41) is 12.5. The summed E-state index contributed by atoms with van der Waals surface area (Å²) in [5.74, 6) is 0. The Morgan fingerprint density at radius 3 is 1.22 bits per heavy atom. The number of hydrogen-bond acceptors (Lipinski definition) is 2. The summed E-state index contributed by atoms with van der Waals surface area (Å²) in [5.41, 5.74) is 12.9. The molecule has 0 spiro atoms. The lowest BCUT2D eigenvalue weighted by atomic mass is 10.1. The SMILES string of the molecule is c1ccc2c(c1)c1cccc3c4ncc5c(c6cccc7c8c(cnc9c%10cccc%11c%12ccccc%12n(c%11%10)c98)n5c67)c4n2c13. The third kappa shape index (κ3) is 2.10. The van der Waals surface area contributed by atoms with Crippen LogP contribution in [0.1, 0.15) is 0 Å². The van der Waals surface area contributed by atoms with Gasteiger partial charge in [0.15, 0.2) is 0 Å². The van der Waals surface area contributed by atoms with Crippen LogP contribution in [0.5, 0.6) is 0 Å².